The summed E-state index contributed by atoms with van der Waals surface area (Å²) in [4.78, 5) is 0. The summed E-state index contributed by atoms with van der Waals surface area (Å²) < 4.78 is 5.53. The lowest BCUT2D eigenvalue weighted by Crippen LogP contribution is -2.05. The van der Waals surface area contributed by atoms with E-state index in [0.29, 0.717) is 6.10 Å². The Morgan fingerprint density at radius 3 is 2.73 bits per heavy atom. The van der Waals surface area contributed by atoms with Gasteiger partial charge in [-0.2, -0.15) is 0 Å². The Labute approximate surface area is 68.8 Å². The first kappa shape index (κ1) is 8.25. The molecule has 0 aromatic carbocycles. The first-order valence-electron chi connectivity index (χ1n) is 4.07. The molecule has 0 aromatic heterocycles. The van der Waals surface area contributed by atoms with Crippen LogP contribution in [0.3, 0.4) is 0 Å². The molecule has 1 aliphatic carbocycles. The Kier molecular flexibility index (Phi) is 2.64. The maximum Gasteiger partial charge on any atom is 0.187 e. The second-order valence-corrected chi connectivity index (χ2v) is 3.12. The Balaban J connectivity index is 2.41. The zero-order valence-electron chi connectivity index (χ0n) is 7.26. The first-order chi connectivity index (χ1) is 5.18. The summed E-state index contributed by atoms with van der Waals surface area (Å²) in [6.07, 6.45) is 6.39. The molecule has 1 nitrogen and oxygen atoms in total. The zero-order chi connectivity index (χ0) is 8.27. The second-order valence-electron chi connectivity index (χ2n) is 3.12. The molecule has 0 heterocycles. The highest BCUT2D eigenvalue weighted by Crippen LogP contribution is 2.21. The largest absolute Gasteiger partial charge is 0.438 e. The van der Waals surface area contributed by atoms with Gasteiger partial charge in [-0.05, 0) is 20.4 Å². The fourth-order valence-electron chi connectivity index (χ4n) is 1.06. The van der Waals surface area contributed by atoms with Crippen LogP contribution in [-0.4, -0.2) is 6.10 Å². The van der Waals surface area contributed by atoms with Crippen molar-refractivity contribution in [3.63, 3.8) is 0 Å². The van der Waals surface area contributed by atoms with E-state index >= 15 is 0 Å². The van der Waals surface area contributed by atoms with Gasteiger partial charge in [0, 0.05) is 12.8 Å². The van der Waals surface area contributed by atoms with Gasteiger partial charge in [0.15, 0.2) is 5.76 Å². The summed E-state index contributed by atoms with van der Waals surface area (Å²) in [5.74, 6) is 1.09. The van der Waals surface area contributed by atoms with Crippen LogP contribution in [0.25, 0.3) is 0 Å². The monoisotopic (exact) mass is 151 g/mol. The van der Waals surface area contributed by atoms with Gasteiger partial charge in [-0.25, -0.2) is 0 Å². The molecule has 1 rings (SSSR count). The maximum absolute atomic E-state index is 5.53. The van der Waals surface area contributed by atoms with Crippen molar-refractivity contribution < 1.29 is 4.74 Å². The summed E-state index contributed by atoms with van der Waals surface area (Å²) in [6.45, 7) is 7.96. The lowest BCUT2D eigenvalue weighted by molar-refractivity contribution is 0.138. The van der Waals surface area contributed by atoms with Gasteiger partial charge in [-0.3, -0.25) is 0 Å². The van der Waals surface area contributed by atoms with Crippen molar-refractivity contribution in [3.8, 4) is 0 Å². The van der Waals surface area contributed by atoms with E-state index in [4.69, 9.17) is 4.74 Å². The minimum absolute atomic E-state index is 0.293. The molecule has 0 atom stereocenters. The van der Waals surface area contributed by atoms with Crippen LogP contribution in [0.1, 0.15) is 26.7 Å². The Hall–Kier alpha value is -0.850. The van der Waals surface area contributed by atoms with Gasteiger partial charge in [-0.15, -0.1) is 0 Å². The lowest BCUT2D eigenvalue weighted by Gasteiger charge is -2.11. The van der Waals surface area contributed by atoms with Crippen LogP contribution in [-0.2, 0) is 4.74 Å². The molecule has 0 saturated carbocycles. The van der Waals surface area contributed by atoms with E-state index in [1.165, 1.54) is 5.57 Å². The molecule has 0 amide bonds. The lowest BCUT2D eigenvalue weighted by atomic mass is 10.0. The molecular formula is C10H15O+. The van der Waals surface area contributed by atoms with Gasteiger partial charge in [0.05, 0.1) is 18.1 Å². The van der Waals surface area contributed by atoms with Crippen LogP contribution in [0.4, 0.5) is 0 Å². The molecule has 0 fully saturated rings. The van der Waals surface area contributed by atoms with Crippen LogP contribution in [0.5, 0.6) is 0 Å². The van der Waals surface area contributed by atoms with Crippen LogP contribution < -0.4 is 0 Å². The van der Waals surface area contributed by atoms with Crippen molar-refractivity contribution in [2.24, 2.45) is 0 Å². The van der Waals surface area contributed by atoms with E-state index in [1.807, 2.05) is 26.3 Å². The third-order valence-corrected chi connectivity index (χ3v) is 1.58. The average Bonchev–Trinajstić information content (AvgIpc) is 1.93. The van der Waals surface area contributed by atoms with E-state index in [2.05, 4.69) is 6.58 Å². The fourth-order valence-corrected chi connectivity index (χ4v) is 1.06. The highest BCUT2D eigenvalue weighted by Gasteiger charge is 2.14. The molecule has 0 bridgehead atoms. The molecule has 1 aliphatic rings. The van der Waals surface area contributed by atoms with Gasteiger partial charge >= 0.3 is 0 Å². The van der Waals surface area contributed by atoms with E-state index in [0.717, 1.165) is 18.6 Å². The quantitative estimate of drug-likeness (QED) is 0.551. The number of hydrogen-bond acceptors (Lipinski definition) is 1. The predicted octanol–water partition coefficient (Wildman–Crippen LogP) is 2.85. The van der Waals surface area contributed by atoms with Crippen molar-refractivity contribution in [3.05, 3.63) is 30.4 Å². The molecule has 11 heavy (non-hydrogen) atoms. The van der Waals surface area contributed by atoms with Gasteiger partial charge in [0.25, 0.3) is 0 Å². The SMILES string of the molecule is C=C1[CH+]C=C(OC(C)C)CC1. The Morgan fingerprint density at radius 2 is 2.27 bits per heavy atom. The van der Waals surface area contributed by atoms with E-state index in [9.17, 15) is 0 Å². The van der Waals surface area contributed by atoms with Crippen molar-refractivity contribution in [1.82, 2.24) is 0 Å². The molecule has 0 saturated heterocycles. The van der Waals surface area contributed by atoms with Crippen LogP contribution >= 0.6 is 0 Å². The summed E-state index contributed by atoms with van der Waals surface area (Å²) >= 11 is 0. The smallest absolute Gasteiger partial charge is 0.187 e. The number of hydrogen-bond donors (Lipinski definition) is 0. The molecule has 0 aromatic rings. The van der Waals surface area contributed by atoms with Gasteiger partial charge in [0.1, 0.15) is 6.10 Å². The molecule has 0 unspecified atom stereocenters. The number of ether oxygens (including phenoxy) is 1. The maximum atomic E-state index is 5.53. The molecule has 0 aliphatic heterocycles. The third kappa shape index (κ3) is 2.71. The topological polar surface area (TPSA) is 9.23 Å². The molecule has 1 heteroatoms. The summed E-state index contributed by atoms with van der Waals surface area (Å²) in [5.41, 5.74) is 1.20. The number of rotatable bonds is 2. The number of allylic oxidation sites excluding steroid dienone is 3. The van der Waals surface area contributed by atoms with Crippen molar-refractivity contribution >= 4 is 0 Å². The summed E-state index contributed by atoms with van der Waals surface area (Å²) in [6, 6.07) is 0. The highest BCUT2D eigenvalue weighted by molar-refractivity contribution is 5.25. The van der Waals surface area contributed by atoms with Crippen molar-refractivity contribution in [2.75, 3.05) is 0 Å². The van der Waals surface area contributed by atoms with E-state index < -0.39 is 0 Å². The highest BCUT2D eigenvalue weighted by atomic mass is 16.5. The third-order valence-electron chi connectivity index (χ3n) is 1.58. The van der Waals surface area contributed by atoms with Gasteiger partial charge in [-0.1, -0.05) is 0 Å². The van der Waals surface area contributed by atoms with Gasteiger partial charge in [0.2, 0.25) is 0 Å². The Morgan fingerprint density at radius 1 is 1.55 bits per heavy atom. The molecular weight excluding hydrogens is 136 g/mol. The van der Waals surface area contributed by atoms with Gasteiger partial charge < -0.3 is 4.74 Å². The van der Waals surface area contributed by atoms with Crippen LogP contribution in [0.15, 0.2) is 24.0 Å². The second kappa shape index (κ2) is 3.51. The normalized spacial score (nSPS) is 17.7. The standard InChI is InChI=1S/C10H15O/c1-8(2)11-10-6-4-9(3)5-7-10/h4,6,8H,3,5,7H2,1-2H3/q+1. The minimum Gasteiger partial charge on any atom is -0.438 e. The molecule has 0 N–H and O–H groups in total. The minimum atomic E-state index is 0.293. The van der Waals surface area contributed by atoms with Crippen LogP contribution in [0.2, 0.25) is 0 Å². The van der Waals surface area contributed by atoms with Crippen molar-refractivity contribution in [1.29, 1.82) is 0 Å². The van der Waals surface area contributed by atoms with Crippen LogP contribution in [0, 0.1) is 6.42 Å². The average molecular weight is 151 g/mol. The molecule has 60 valence electrons. The zero-order valence-corrected chi connectivity index (χ0v) is 7.26. The fraction of sp³-hybridized carbons (Fsp3) is 0.500. The predicted molar refractivity (Wildman–Crippen MR) is 47.0 cm³/mol. The molecule has 0 radical (unpaired) electrons. The van der Waals surface area contributed by atoms with E-state index in [-0.39, 0.29) is 0 Å². The summed E-state index contributed by atoms with van der Waals surface area (Å²) in [5, 5.41) is 0. The molecule has 0 spiro atoms. The summed E-state index contributed by atoms with van der Waals surface area (Å²) in [7, 11) is 0. The van der Waals surface area contributed by atoms with Crippen molar-refractivity contribution in [2.45, 2.75) is 32.8 Å². The first-order valence-corrected chi connectivity index (χ1v) is 4.07. The van der Waals surface area contributed by atoms with E-state index in [1.54, 1.807) is 0 Å². The Bertz CT molecular complexity index is 177.